The number of nitro benzene ring substituents is 1. The number of hydrogen-bond donors (Lipinski definition) is 2. The van der Waals surface area contributed by atoms with Crippen LogP contribution in [0.25, 0.3) is 0 Å². The third-order valence-corrected chi connectivity index (χ3v) is 2.96. The fourth-order valence-corrected chi connectivity index (χ4v) is 1.83. The Labute approximate surface area is 122 Å². The molecule has 1 aromatic carbocycles. The van der Waals surface area contributed by atoms with E-state index in [4.69, 9.17) is 29.0 Å². The van der Waals surface area contributed by atoms with Gasteiger partial charge in [0.15, 0.2) is 0 Å². The molecule has 0 amide bonds. The number of nitrogens with two attached hydrogens (primary N) is 1. The number of nitrogens with one attached hydrogen (secondary N) is 1. The highest BCUT2D eigenvalue weighted by molar-refractivity contribution is 6.40. The molecule has 1 heterocycles. The summed E-state index contributed by atoms with van der Waals surface area (Å²) in [7, 11) is 0. The number of rotatable bonds is 4. The maximum absolute atomic E-state index is 10.8. The summed E-state index contributed by atoms with van der Waals surface area (Å²) in [5.41, 5.74) is 2.43. The molecule has 1 aromatic heterocycles. The second-order valence-corrected chi connectivity index (χ2v) is 4.27. The standard InChI is InChI=1S/C9H7Cl2N7O2/c10-6-1-2-7(18(19)20)8(11)5(6)3-13-15-9-16-14-4-17(9)12/h1-4H,12H2,(H,15,16)/b13-3-. The van der Waals surface area contributed by atoms with Crippen LogP contribution in [-0.2, 0) is 0 Å². The number of anilines is 1. The Morgan fingerprint density at radius 2 is 2.25 bits per heavy atom. The minimum Gasteiger partial charge on any atom is -0.335 e. The molecule has 0 aliphatic rings. The van der Waals surface area contributed by atoms with Crippen LogP contribution in [0.5, 0.6) is 0 Å². The van der Waals surface area contributed by atoms with Gasteiger partial charge < -0.3 is 5.84 Å². The minimum atomic E-state index is -0.611. The Kier molecular flexibility index (Phi) is 4.01. The molecular weight excluding hydrogens is 309 g/mol. The number of nitro groups is 1. The van der Waals surface area contributed by atoms with Gasteiger partial charge in [-0.25, -0.2) is 10.1 Å². The first-order chi connectivity index (χ1) is 9.50. The van der Waals surface area contributed by atoms with Gasteiger partial charge in [0.25, 0.3) is 11.6 Å². The molecule has 0 radical (unpaired) electrons. The van der Waals surface area contributed by atoms with E-state index in [1.165, 1.54) is 24.7 Å². The molecule has 104 valence electrons. The number of benzene rings is 1. The van der Waals surface area contributed by atoms with Crippen LogP contribution in [0.3, 0.4) is 0 Å². The number of hydrazone groups is 1. The van der Waals surface area contributed by atoms with Crippen molar-refractivity contribution in [2.24, 2.45) is 5.10 Å². The van der Waals surface area contributed by atoms with Gasteiger partial charge in [0, 0.05) is 11.6 Å². The predicted molar refractivity (Wildman–Crippen MR) is 74.5 cm³/mol. The van der Waals surface area contributed by atoms with Gasteiger partial charge in [0.05, 0.1) is 16.2 Å². The van der Waals surface area contributed by atoms with Crippen LogP contribution in [0.15, 0.2) is 23.6 Å². The van der Waals surface area contributed by atoms with Gasteiger partial charge in [-0.2, -0.15) is 5.10 Å². The van der Waals surface area contributed by atoms with Crippen LogP contribution < -0.4 is 11.3 Å². The van der Waals surface area contributed by atoms with Gasteiger partial charge in [-0.3, -0.25) is 10.1 Å². The molecule has 0 saturated heterocycles. The Hall–Kier alpha value is -2.39. The number of aromatic nitrogens is 3. The van der Waals surface area contributed by atoms with E-state index in [9.17, 15) is 10.1 Å². The van der Waals surface area contributed by atoms with Gasteiger partial charge in [-0.05, 0) is 6.07 Å². The van der Waals surface area contributed by atoms with Crippen molar-refractivity contribution in [1.82, 2.24) is 14.9 Å². The smallest absolute Gasteiger partial charge is 0.288 e. The summed E-state index contributed by atoms with van der Waals surface area (Å²) in [6.07, 6.45) is 2.50. The van der Waals surface area contributed by atoms with Crippen molar-refractivity contribution in [1.29, 1.82) is 0 Å². The molecule has 2 aromatic rings. The molecule has 0 fully saturated rings. The molecule has 0 unspecified atom stereocenters. The molecule has 3 N–H and O–H groups in total. The Morgan fingerprint density at radius 3 is 2.85 bits per heavy atom. The molecule has 0 aliphatic carbocycles. The van der Waals surface area contributed by atoms with Crippen LogP contribution in [0, 0.1) is 10.1 Å². The minimum absolute atomic E-state index is 0.109. The first-order valence-corrected chi connectivity index (χ1v) is 5.83. The molecule has 2 rings (SSSR count). The second kappa shape index (κ2) is 5.72. The summed E-state index contributed by atoms with van der Waals surface area (Å²) in [5, 5.41) is 21.8. The topological polar surface area (TPSA) is 124 Å². The molecule has 0 saturated carbocycles. The maximum atomic E-state index is 10.8. The summed E-state index contributed by atoms with van der Waals surface area (Å²) in [4.78, 5) is 10.2. The van der Waals surface area contributed by atoms with E-state index in [-0.39, 0.29) is 27.2 Å². The van der Waals surface area contributed by atoms with E-state index < -0.39 is 4.92 Å². The number of halogens is 2. The van der Waals surface area contributed by atoms with Crippen LogP contribution in [0.2, 0.25) is 10.0 Å². The van der Waals surface area contributed by atoms with Crippen LogP contribution in [-0.4, -0.2) is 26.0 Å². The second-order valence-electron chi connectivity index (χ2n) is 3.48. The third-order valence-electron chi connectivity index (χ3n) is 2.23. The van der Waals surface area contributed by atoms with Crippen LogP contribution in [0.4, 0.5) is 11.6 Å². The van der Waals surface area contributed by atoms with E-state index >= 15 is 0 Å². The Morgan fingerprint density at radius 1 is 1.50 bits per heavy atom. The van der Waals surface area contributed by atoms with Crippen molar-refractivity contribution < 1.29 is 4.92 Å². The lowest BCUT2D eigenvalue weighted by atomic mass is 10.2. The van der Waals surface area contributed by atoms with Gasteiger partial charge in [0.1, 0.15) is 11.3 Å². The highest BCUT2D eigenvalue weighted by Crippen LogP contribution is 2.31. The van der Waals surface area contributed by atoms with Crippen molar-refractivity contribution >= 4 is 41.1 Å². The molecular formula is C9H7Cl2N7O2. The summed E-state index contributed by atoms with van der Waals surface area (Å²) >= 11 is 11.8. The van der Waals surface area contributed by atoms with Gasteiger partial charge in [-0.1, -0.05) is 23.2 Å². The molecule has 0 spiro atoms. The van der Waals surface area contributed by atoms with E-state index in [1.807, 2.05) is 0 Å². The molecule has 0 bridgehead atoms. The maximum Gasteiger partial charge on any atom is 0.288 e. The summed E-state index contributed by atoms with van der Waals surface area (Å²) in [5.74, 6) is 5.64. The number of nitrogen functional groups attached to an aromatic ring is 1. The van der Waals surface area contributed by atoms with E-state index in [0.717, 1.165) is 4.68 Å². The summed E-state index contributed by atoms with van der Waals surface area (Å²) in [6, 6.07) is 2.57. The average molecular weight is 316 g/mol. The van der Waals surface area contributed by atoms with E-state index in [0.29, 0.717) is 0 Å². The predicted octanol–water partition coefficient (Wildman–Crippen LogP) is 1.65. The summed E-state index contributed by atoms with van der Waals surface area (Å²) in [6.45, 7) is 0. The third kappa shape index (κ3) is 2.78. The average Bonchev–Trinajstić information content (AvgIpc) is 2.78. The van der Waals surface area contributed by atoms with Crippen molar-refractivity contribution in [2.45, 2.75) is 0 Å². The molecule has 11 heteroatoms. The molecule has 20 heavy (non-hydrogen) atoms. The van der Waals surface area contributed by atoms with Crippen molar-refractivity contribution in [3.05, 3.63) is 44.2 Å². The zero-order valence-corrected chi connectivity index (χ0v) is 11.2. The van der Waals surface area contributed by atoms with Crippen LogP contribution >= 0.6 is 23.2 Å². The van der Waals surface area contributed by atoms with Gasteiger partial charge in [0.2, 0.25) is 0 Å². The van der Waals surface area contributed by atoms with Crippen LogP contribution in [0.1, 0.15) is 5.56 Å². The first-order valence-electron chi connectivity index (χ1n) is 5.07. The van der Waals surface area contributed by atoms with E-state index in [1.54, 1.807) is 0 Å². The lowest BCUT2D eigenvalue weighted by Gasteiger charge is -2.02. The number of hydrogen-bond acceptors (Lipinski definition) is 7. The Bertz CT molecular complexity index is 685. The monoisotopic (exact) mass is 315 g/mol. The zero-order chi connectivity index (χ0) is 14.7. The lowest BCUT2D eigenvalue weighted by molar-refractivity contribution is -0.384. The van der Waals surface area contributed by atoms with Crippen molar-refractivity contribution in [2.75, 3.05) is 11.3 Å². The normalized spacial score (nSPS) is 10.9. The van der Waals surface area contributed by atoms with Gasteiger partial charge in [-0.15, -0.1) is 10.2 Å². The van der Waals surface area contributed by atoms with E-state index in [2.05, 4.69) is 20.7 Å². The SMILES string of the molecule is Nn1cnnc1N/N=C\c1c(Cl)ccc([N+](=O)[O-])c1Cl. The van der Waals surface area contributed by atoms with Crippen molar-refractivity contribution in [3.8, 4) is 0 Å². The lowest BCUT2D eigenvalue weighted by Crippen LogP contribution is -2.10. The highest BCUT2D eigenvalue weighted by atomic mass is 35.5. The first kappa shape index (κ1) is 14.0. The highest BCUT2D eigenvalue weighted by Gasteiger charge is 2.17. The van der Waals surface area contributed by atoms with Crippen molar-refractivity contribution in [3.63, 3.8) is 0 Å². The molecule has 0 atom stereocenters. The molecule has 9 nitrogen and oxygen atoms in total. The zero-order valence-electron chi connectivity index (χ0n) is 9.70. The Balaban J connectivity index is 2.27. The quantitative estimate of drug-likeness (QED) is 0.382. The summed E-state index contributed by atoms with van der Waals surface area (Å²) < 4.78 is 1.11. The fraction of sp³-hybridized carbons (Fsp3) is 0. The largest absolute Gasteiger partial charge is 0.335 e. The fourth-order valence-electron chi connectivity index (χ4n) is 1.29. The molecule has 0 aliphatic heterocycles. The number of nitrogens with zero attached hydrogens (tertiary/aromatic N) is 5. The van der Waals surface area contributed by atoms with Gasteiger partial charge >= 0.3 is 0 Å².